The van der Waals surface area contributed by atoms with Gasteiger partial charge in [-0.2, -0.15) is 0 Å². The van der Waals surface area contributed by atoms with Crippen LogP contribution < -0.4 is 0 Å². The summed E-state index contributed by atoms with van der Waals surface area (Å²) in [4.78, 5) is 4.51. The zero-order valence-electron chi connectivity index (χ0n) is 9.74. The van der Waals surface area contributed by atoms with Gasteiger partial charge in [0.05, 0.1) is 0 Å². The molecule has 1 saturated carbocycles. The van der Waals surface area contributed by atoms with Gasteiger partial charge in [-0.1, -0.05) is 20.8 Å². The Kier molecular flexibility index (Phi) is 2.94. The second kappa shape index (κ2) is 4.04. The predicted molar refractivity (Wildman–Crippen MR) is 61.7 cm³/mol. The molecular formula is C13H23N. The summed E-state index contributed by atoms with van der Waals surface area (Å²) < 4.78 is 0. The molecule has 0 saturated heterocycles. The van der Waals surface area contributed by atoms with E-state index in [9.17, 15) is 0 Å². The maximum atomic E-state index is 4.51. The highest BCUT2D eigenvalue weighted by Crippen LogP contribution is 2.41. The normalized spacial score (nSPS) is 48.4. The molecule has 0 spiro atoms. The largest absolute Gasteiger partial charge is 0.297 e. The lowest BCUT2D eigenvalue weighted by atomic mass is 9.82. The first-order valence-corrected chi connectivity index (χ1v) is 6.16. The van der Waals surface area contributed by atoms with Gasteiger partial charge in [-0.25, -0.2) is 0 Å². The molecule has 1 heteroatoms. The summed E-state index contributed by atoms with van der Waals surface area (Å²) in [6, 6.07) is 0. The summed E-state index contributed by atoms with van der Waals surface area (Å²) in [5.41, 5.74) is 0. The lowest BCUT2D eigenvalue weighted by molar-refractivity contribution is 0.337. The smallest absolute Gasteiger partial charge is 0.0411 e. The average molecular weight is 193 g/mol. The van der Waals surface area contributed by atoms with E-state index in [1.165, 1.54) is 19.3 Å². The minimum atomic E-state index is 0.797. The monoisotopic (exact) mass is 193 g/mol. The van der Waals surface area contributed by atoms with Crippen LogP contribution in [0.2, 0.25) is 0 Å². The molecule has 0 aromatic heterocycles. The Morgan fingerprint density at radius 2 is 1.64 bits per heavy atom. The van der Waals surface area contributed by atoms with Crippen LogP contribution in [0.25, 0.3) is 0 Å². The first-order valence-electron chi connectivity index (χ1n) is 6.16. The Labute approximate surface area is 88.0 Å². The Hall–Kier alpha value is -0.330. The quantitative estimate of drug-likeness (QED) is 0.605. The fraction of sp³-hybridized carbons (Fsp3) is 0.923. The highest BCUT2D eigenvalue weighted by Gasteiger charge is 2.33. The fourth-order valence-corrected chi connectivity index (χ4v) is 3.16. The van der Waals surface area contributed by atoms with Crippen molar-refractivity contribution in [2.24, 2.45) is 34.6 Å². The van der Waals surface area contributed by atoms with Gasteiger partial charge in [-0.05, 0) is 48.9 Å². The van der Waals surface area contributed by atoms with Crippen LogP contribution in [0.5, 0.6) is 0 Å². The van der Waals surface area contributed by atoms with E-state index in [0.717, 1.165) is 36.1 Å². The lowest BCUT2D eigenvalue weighted by Gasteiger charge is -2.26. The SMILES string of the molecule is CC1CN=CC(C2CC(C)C(C)C2)C1. The average Bonchev–Trinajstić information content (AvgIpc) is 2.47. The molecule has 0 aromatic rings. The van der Waals surface area contributed by atoms with Gasteiger partial charge < -0.3 is 0 Å². The molecule has 2 aliphatic rings. The molecule has 1 aliphatic heterocycles. The number of hydrogen-bond donors (Lipinski definition) is 0. The van der Waals surface area contributed by atoms with E-state index < -0.39 is 0 Å². The van der Waals surface area contributed by atoms with E-state index in [-0.39, 0.29) is 0 Å². The molecule has 4 unspecified atom stereocenters. The summed E-state index contributed by atoms with van der Waals surface area (Å²) in [6.07, 6.45) is 6.51. The van der Waals surface area contributed by atoms with Gasteiger partial charge in [0.2, 0.25) is 0 Å². The van der Waals surface area contributed by atoms with E-state index in [4.69, 9.17) is 0 Å². The van der Waals surface area contributed by atoms with Crippen molar-refractivity contribution in [3.05, 3.63) is 0 Å². The van der Waals surface area contributed by atoms with E-state index in [0.29, 0.717) is 0 Å². The summed E-state index contributed by atoms with van der Waals surface area (Å²) >= 11 is 0. The molecule has 1 fully saturated rings. The van der Waals surface area contributed by atoms with E-state index in [1.54, 1.807) is 0 Å². The predicted octanol–water partition coefficient (Wildman–Crippen LogP) is 3.40. The van der Waals surface area contributed by atoms with Gasteiger partial charge in [0.1, 0.15) is 0 Å². The van der Waals surface area contributed by atoms with Crippen molar-refractivity contribution < 1.29 is 0 Å². The standard InChI is InChI=1S/C13H23N/c1-9-4-13(8-14-7-9)12-5-10(2)11(3)6-12/h8-13H,4-7H2,1-3H3. The number of aliphatic imine (C=N–C) groups is 1. The van der Waals surface area contributed by atoms with Crippen molar-refractivity contribution in [2.75, 3.05) is 6.54 Å². The molecule has 0 amide bonds. The Balaban J connectivity index is 1.96. The van der Waals surface area contributed by atoms with Crippen LogP contribution in [0.3, 0.4) is 0 Å². The van der Waals surface area contributed by atoms with Gasteiger partial charge in [0.25, 0.3) is 0 Å². The Morgan fingerprint density at radius 1 is 1.00 bits per heavy atom. The summed E-state index contributed by atoms with van der Waals surface area (Å²) in [5.74, 6) is 4.42. The van der Waals surface area contributed by atoms with E-state index >= 15 is 0 Å². The maximum Gasteiger partial charge on any atom is 0.0411 e. The highest BCUT2D eigenvalue weighted by atomic mass is 14.7. The lowest BCUT2D eigenvalue weighted by Crippen LogP contribution is -2.22. The van der Waals surface area contributed by atoms with Gasteiger partial charge >= 0.3 is 0 Å². The van der Waals surface area contributed by atoms with Crippen molar-refractivity contribution in [3.63, 3.8) is 0 Å². The highest BCUT2D eigenvalue weighted by molar-refractivity contribution is 5.62. The molecule has 0 radical (unpaired) electrons. The molecule has 0 aromatic carbocycles. The molecule has 1 heterocycles. The first kappa shape index (κ1) is 10.2. The molecule has 4 atom stereocenters. The van der Waals surface area contributed by atoms with Crippen LogP contribution in [0.4, 0.5) is 0 Å². The fourth-order valence-electron chi connectivity index (χ4n) is 3.16. The molecule has 0 N–H and O–H groups in total. The van der Waals surface area contributed by atoms with Crippen molar-refractivity contribution in [3.8, 4) is 0 Å². The molecule has 14 heavy (non-hydrogen) atoms. The van der Waals surface area contributed by atoms with Gasteiger partial charge in [0.15, 0.2) is 0 Å². The van der Waals surface area contributed by atoms with Crippen molar-refractivity contribution >= 4 is 6.21 Å². The van der Waals surface area contributed by atoms with E-state index in [2.05, 4.69) is 32.0 Å². The molecule has 80 valence electrons. The molecule has 0 bridgehead atoms. The Morgan fingerprint density at radius 3 is 2.21 bits per heavy atom. The summed E-state index contributed by atoms with van der Waals surface area (Å²) in [6.45, 7) is 8.22. The minimum Gasteiger partial charge on any atom is -0.297 e. The molecule has 1 nitrogen and oxygen atoms in total. The van der Waals surface area contributed by atoms with E-state index in [1.807, 2.05) is 0 Å². The third-order valence-electron chi connectivity index (χ3n) is 4.31. The number of rotatable bonds is 1. The van der Waals surface area contributed by atoms with Crippen LogP contribution in [0.15, 0.2) is 4.99 Å². The van der Waals surface area contributed by atoms with Crippen LogP contribution in [0.1, 0.15) is 40.0 Å². The molecular weight excluding hydrogens is 170 g/mol. The number of hydrogen-bond acceptors (Lipinski definition) is 1. The topological polar surface area (TPSA) is 12.4 Å². The zero-order valence-corrected chi connectivity index (χ0v) is 9.74. The van der Waals surface area contributed by atoms with Gasteiger partial charge in [0, 0.05) is 12.8 Å². The van der Waals surface area contributed by atoms with Crippen LogP contribution >= 0.6 is 0 Å². The van der Waals surface area contributed by atoms with Crippen LogP contribution in [0, 0.1) is 29.6 Å². The van der Waals surface area contributed by atoms with Crippen LogP contribution in [-0.4, -0.2) is 12.8 Å². The maximum absolute atomic E-state index is 4.51. The third-order valence-corrected chi connectivity index (χ3v) is 4.31. The first-order chi connectivity index (χ1) is 6.66. The zero-order chi connectivity index (χ0) is 10.1. The van der Waals surface area contributed by atoms with Crippen molar-refractivity contribution in [2.45, 2.75) is 40.0 Å². The Bertz CT molecular complexity index is 211. The van der Waals surface area contributed by atoms with Crippen molar-refractivity contribution in [1.82, 2.24) is 0 Å². The van der Waals surface area contributed by atoms with Crippen LogP contribution in [-0.2, 0) is 0 Å². The van der Waals surface area contributed by atoms with Gasteiger partial charge in [-0.3, -0.25) is 4.99 Å². The summed E-state index contributed by atoms with van der Waals surface area (Å²) in [7, 11) is 0. The molecule has 1 aliphatic carbocycles. The third kappa shape index (κ3) is 2.02. The second-order valence-electron chi connectivity index (χ2n) is 5.71. The second-order valence-corrected chi connectivity index (χ2v) is 5.71. The van der Waals surface area contributed by atoms with Crippen molar-refractivity contribution in [1.29, 1.82) is 0 Å². The summed E-state index contributed by atoms with van der Waals surface area (Å²) in [5, 5.41) is 0. The molecule has 2 rings (SSSR count). The van der Waals surface area contributed by atoms with Gasteiger partial charge in [-0.15, -0.1) is 0 Å². The number of nitrogens with zero attached hydrogens (tertiary/aromatic N) is 1. The minimum absolute atomic E-state index is 0.797.